The number of nitrogens with zero attached hydrogens (tertiary/aromatic N) is 1. The first-order valence-electron chi connectivity index (χ1n) is 12.0. The van der Waals surface area contributed by atoms with Crippen molar-refractivity contribution in [3.63, 3.8) is 0 Å². The largest absolute Gasteiger partial charge is 0.458 e. The molecule has 1 unspecified atom stereocenters. The second kappa shape index (κ2) is 12.1. The molecule has 1 atom stereocenters. The predicted molar refractivity (Wildman–Crippen MR) is 136 cm³/mol. The molecule has 0 bridgehead atoms. The molecule has 0 heterocycles. The Morgan fingerprint density at radius 3 is 2.30 bits per heavy atom. The topological polar surface area (TPSA) is 32.7 Å². The molecule has 3 aromatic carbocycles. The van der Waals surface area contributed by atoms with Gasteiger partial charge in [-0.3, -0.25) is 0 Å². The zero-order chi connectivity index (χ0) is 27.2. The van der Waals surface area contributed by atoms with Crippen LogP contribution in [0, 0.1) is 0 Å². The van der Waals surface area contributed by atoms with E-state index >= 15 is 0 Å². The number of anilines is 1. The second-order valence-electron chi connectivity index (χ2n) is 8.80. The van der Waals surface area contributed by atoms with Crippen molar-refractivity contribution in [2.45, 2.75) is 57.9 Å². The predicted octanol–water partition coefficient (Wildman–Crippen LogP) is 8.52. The van der Waals surface area contributed by atoms with E-state index in [1.807, 2.05) is 19.9 Å². The molecule has 0 spiro atoms. The van der Waals surface area contributed by atoms with Crippen LogP contribution in [0.5, 0.6) is 11.5 Å². The summed E-state index contributed by atoms with van der Waals surface area (Å²) in [7, 11) is 0. The van der Waals surface area contributed by atoms with Gasteiger partial charge < -0.3 is 14.7 Å². The lowest BCUT2D eigenvalue weighted by Crippen LogP contribution is -2.34. The number of rotatable bonds is 11. The Balaban J connectivity index is 1.90. The number of benzene rings is 3. The highest BCUT2D eigenvalue weighted by Crippen LogP contribution is 2.44. The van der Waals surface area contributed by atoms with Crippen LogP contribution in [0.3, 0.4) is 0 Å². The molecular weight excluding hydrogens is 513 g/mol. The average molecular weight is 542 g/mol. The first-order valence-corrected chi connectivity index (χ1v) is 12.4. The van der Waals surface area contributed by atoms with Gasteiger partial charge >= 0.3 is 12.1 Å². The van der Waals surface area contributed by atoms with E-state index < -0.39 is 23.8 Å². The van der Waals surface area contributed by atoms with Crippen LogP contribution in [0.15, 0.2) is 66.7 Å². The molecule has 9 heteroatoms. The van der Waals surface area contributed by atoms with Crippen LogP contribution in [-0.2, 0) is 18.9 Å². The van der Waals surface area contributed by atoms with E-state index in [-0.39, 0.29) is 18.7 Å². The lowest BCUT2D eigenvalue weighted by atomic mass is 10.0. The number of aliphatic hydroxyl groups is 1. The van der Waals surface area contributed by atoms with Crippen molar-refractivity contribution in [3.8, 4) is 11.5 Å². The van der Waals surface area contributed by atoms with Gasteiger partial charge in [-0.1, -0.05) is 56.1 Å². The van der Waals surface area contributed by atoms with Crippen LogP contribution in [-0.4, -0.2) is 23.9 Å². The molecule has 0 radical (unpaired) electrons. The van der Waals surface area contributed by atoms with Gasteiger partial charge in [0.15, 0.2) is 0 Å². The Morgan fingerprint density at radius 2 is 1.62 bits per heavy atom. The zero-order valence-corrected chi connectivity index (χ0v) is 21.3. The normalized spacial score (nSPS) is 12.9. The van der Waals surface area contributed by atoms with Gasteiger partial charge in [-0.2, -0.15) is 22.0 Å². The molecule has 0 aromatic heterocycles. The summed E-state index contributed by atoms with van der Waals surface area (Å²) in [4.78, 5) is 1.73. The molecule has 3 nitrogen and oxygen atoms in total. The number of halogens is 6. The van der Waals surface area contributed by atoms with E-state index in [0.29, 0.717) is 28.6 Å². The van der Waals surface area contributed by atoms with E-state index in [2.05, 4.69) is 0 Å². The third kappa shape index (κ3) is 7.36. The summed E-state index contributed by atoms with van der Waals surface area (Å²) in [5, 5.41) is 11.1. The molecule has 0 saturated heterocycles. The summed E-state index contributed by atoms with van der Waals surface area (Å²) in [6.07, 6.45) is -4.47. The summed E-state index contributed by atoms with van der Waals surface area (Å²) >= 11 is 6.19. The number of alkyl halides is 5. The van der Waals surface area contributed by atoms with Crippen LogP contribution in [0.2, 0.25) is 5.02 Å². The van der Waals surface area contributed by atoms with Crippen LogP contribution >= 0.6 is 11.6 Å². The summed E-state index contributed by atoms with van der Waals surface area (Å²) in [6, 6.07) is 16.6. The lowest BCUT2D eigenvalue weighted by Gasteiger charge is -2.28. The highest BCUT2D eigenvalue weighted by atomic mass is 35.5. The maximum atomic E-state index is 13.9. The summed E-state index contributed by atoms with van der Waals surface area (Å²) < 4.78 is 72.6. The minimum atomic E-state index is -5.70. The molecule has 3 rings (SSSR count). The Hall–Kier alpha value is -2.84. The van der Waals surface area contributed by atoms with Gasteiger partial charge in [0.2, 0.25) is 0 Å². The highest BCUT2D eigenvalue weighted by Gasteiger charge is 2.58. The molecule has 3 aromatic rings. The van der Waals surface area contributed by atoms with E-state index in [0.717, 1.165) is 30.5 Å². The standard InChI is InChI=1S/C28H29ClF5NO2/c1-3-7-23(36)18-35(17-19-8-5-9-21(14-19)27(30,31)28(32,33)34)22-10-6-11-24(16-22)37-25-12-13-26(29)20(4-2)15-25/h5-6,8-16,23,36H,3-4,7,17-18H2,1-2H3. The van der Waals surface area contributed by atoms with E-state index in [4.69, 9.17) is 16.3 Å². The van der Waals surface area contributed by atoms with Gasteiger partial charge in [0.25, 0.3) is 0 Å². The summed E-state index contributed by atoms with van der Waals surface area (Å²) in [5.74, 6) is -3.90. The molecule has 0 amide bonds. The zero-order valence-electron chi connectivity index (χ0n) is 20.5. The summed E-state index contributed by atoms with van der Waals surface area (Å²) in [6.45, 7) is 4.05. The van der Waals surface area contributed by atoms with E-state index in [1.165, 1.54) is 12.1 Å². The van der Waals surface area contributed by atoms with Gasteiger partial charge in [0, 0.05) is 35.4 Å². The fourth-order valence-corrected chi connectivity index (χ4v) is 4.21. The molecule has 0 aliphatic rings. The first kappa shape index (κ1) is 28.7. The van der Waals surface area contributed by atoms with Crippen LogP contribution in [0.25, 0.3) is 0 Å². The van der Waals surface area contributed by atoms with Crippen molar-refractivity contribution in [2.24, 2.45) is 0 Å². The van der Waals surface area contributed by atoms with Crippen LogP contribution in [0.1, 0.15) is 43.4 Å². The summed E-state index contributed by atoms with van der Waals surface area (Å²) in [5.41, 5.74) is 0.667. The molecule has 0 aliphatic carbocycles. The SMILES string of the molecule is CCCC(O)CN(Cc1cccc(C(F)(F)C(F)(F)F)c1)c1cccc(Oc2ccc(Cl)c(CC)c2)c1. The lowest BCUT2D eigenvalue weighted by molar-refractivity contribution is -0.289. The Labute approximate surface area is 218 Å². The van der Waals surface area contributed by atoms with Crippen molar-refractivity contribution in [1.82, 2.24) is 0 Å². The van der Waals surface area contributed by atoms with Gasteiger partial charge in [-0.05, 0) is 60.4 Å². The fourth-order valence-electron chi connectivity index (χ4n) is 3.95. The second-order valence-corrected chi connectivity index (χ2v) is 9.21. The van der Waals surface area contributed by atoms with Gasteiger partial charge in [0.1, 0.15) is 11.5 Å². The maximum Gasteiger partial charge on any atom is 0.458 e. The molecule has 0 aliphatic heterocycles. The Kier molecular flexibility index (Phi) is 9.42. The molecule has 0 saturated carbocycles. The number of hydrogen-bond donors (Lipinski definition) is 1. The molecular formula is C28H29ClF5NO2. The van der Waals surface area contributed by atoms with Gasteiger partial charge in [-0.25, -0.2) is 0 Å². The number of aliphatic hydroxyl groups excluding tert-OH is 1. The van der Waals surface area contributed by atoms with Crippen molar-refractivity contribution >= 4 is 17.3 Å². The van der Waals surface area contributed by atoms with Crippen LogP contribution < -0.4 is 9.64 Å². The van der Waals surface area contributed by atoms with E-state index in [9.17, 15) is 27.1 Å². The smallest absolute Gasteiger partial charge is 0.457 e. The van der Waals surface area contributed by atoms with Gasteiger partial charge in [0.05, 0.1) is 6.10 Å². The third-order valence-corrected chi connectivity index (χ3v) is 6.26. The molecule has 37 heavy (non-hydrogen) atoms. The van der Waals surface area contributed by atoms with Crippen LogP contribution in [0.4, 0.5) is 27.6 Å². The van der Waals surface area contributed by atoms with Crippen molar-refractivity contribution in [3.05, 3.63) is 88.4 Å². The Bertz CT molecular complexity index is 1190. The highest BCUT2D eigenvalue weighted by molar-refractivity contribution is 6.31. The number of aryl methyl sites for hydroxylation is 1. The Morgan fingerprint density at radius 1 is 0.919 bits per heavy atom. The van der Waals surface area contributed by atoms with Crippen molar-refractivity contribution in [2.75, 3.05) is 11.4 Å². The van der Waals surface area contributed by atoms with Gasteiger partial charge in [-0.15, -0.1) is 0 Å². The third-order valence-electron chi connectivity index (χ3n) is 5.89. The molecule has 0 fully saturated rings. The maximum absolute atomic E-state index is 13.9. The minimum absolute atomic E-state index is 0.00688. The first-order chi connectivity index (χ1) is 17.4. The van der Waals surface area contributed by atoms with E-state index in [1.54, 1.807) is 41.3 Å². The molecule has 1 N–H and O–H groups in total. The molecule has 200 valence electrons. The van der Waals surface area contributed by atoms with Crippen molar-refractivity contribution < 1.29 is 31.8 Å². The average Bonchev–Trinajstić information content (AvgIpc) is 2.84. The quantitative estimate of drug-likeness (QED) is 0.247. The fraction of sp³-hybridized carbons (Fsp3) is 0.357. The number of hydrogen-bond acceptors (Lipinski definition) is 3. The van der Waals surface area contributed by atoms with Crippen molar-refractivity contribution in [1.29, 1.82) is 0 Å². The number of ether oxygens (including phenoxy) is 1. The minimum Gasteiger partial charge on any atom is -0.457 e. The monoisotopic (exact) mass is 541 g/mol.